The Morgan fingerprint density at radius 1 is 1.43 bits per heavy atom. The van der Waals surface area contributed by atoms with Crippen molar-refractivity contribution in [1.29, 1.82) is 0 Å². The molecule has 1 aliphatic heterocycles. The first-order valence-corrected chi connectivity index (χ1v) is 5.93. The van der Waals surface area contributed by atoms with Crippen LogP contribution in [0, 0.1) is 0 Å². The first kappa shape index (κ1) is 8.62. The molecule has 1 heterocycles. The molecule has 1 aromatic rings. The highest BCUT2D eigenvalue weighted by Gasteiger charge is 2.43. The van der Waals surface area contributed by atoms with Crippen molar-refractivity contribution >= 4 is 11.8 Å². The molecule has 0 amide bonds. The molecule has 1 fully saturated rings. The molecular formula is C11H13NOS. The molecule has 1 aliphatic carbocycles. The number of fused-ring (bicyclic) bond motifs is 1. The zero-order valence-corrected chi connectivity index (χ0v) is 8.77. The number of hydrogen-bond donors (Lipinski definition) is 1. The number of rotatable bonds is 2. The van der Waals surface area contributed by atoms with Gasteiger partial charge in [-0.15, -0.1) is 0 Å². The van der Waals surface area contributed by atoms with Crippen molar-refractivity contribution in [2.24, 2.45) is 5.73 Å². The molecule has 1 aromatic carbocycles. The van der Waals surface area contributed by atoms with Gasteiger partial charge in [-0.1, -0.05) is 17.8 Å². The highest BCUT2D eigenvalue weighted by Crippen LogP contribution is 2.49. The fourth-order valence-electron chi connectivity index (χ4n) is 1.99. The largest absolute Gasteiger partial charge is 0.481 e. The molecule has 0 spiro atoms. The van der Waals surface area contributed by atoms with Crippen molar-refractivity contribution < 1.29 is 4.74 Å². The van der Waals surface area contributed by atoms with Crippen LogP contribution < -0.4 is 10.5 Å². The van der Waals surface area contributed by atoms with Gasteiger partial charge in [0.25, 0.3) is 0 Å². The first-order valence-electron chi connectivity index (χ1n) is 4.94. The minimum absolute atomic E-state index is 0.304. The zero-order chi connectivity index (χ0) is 9.60. The third kappa shape index (κ3) is 1.16. The second-order valence-electron chi connectivity index (χ2n) is 4.05. The second-order valence-corrected chi connectivity index (χ2v) is 5.02. The lowest BCUT2D eigenvalue weighted by molar-refractivity contribution is 0.397. The lowest BCUT2D eigenvalue weighted by Gasteiger charge is -2.13. The van der Waals surface area contributed by atoms with Crippen LogP contribution in [0.25, 0.3) is 0 Å². The standard InChI is InChI=1S/C11H13NOS/c12-6-11(3-4-11)8-1-2-9-10(5-8)14-7-13-9/h1-2,5H,3-4,6-7,12H2. The molecule has 2 N–H and O–H groups in total. The van der Waals surface area contributed by atoms with Gasteiger partial charge in [-0.25, -0.2) is 0 Å². The molecule has 0 unspecified atom stereocenters. The number of benzene rings is 1. The fourth-order valence-corrected chi connectivity index (χ4v) is 2.78. The fraction of sp³-hybridized carbons (Fsp3) is 0.455. The van der Waals surface area contributed by atoms with Gasteiger partial charge in [0.1, 0.15) is 11.7 Å². The molecule has 2 aliphatic rings. The first-order chi connectivity index (χ1) is 6.84. The lowest BCUT2D eigenvalue weighted by atomic mass is 9.96. The molecule has 0 saturated heterocycles. The maximum Gasteiger partial charge on any atom is 0.138 e. The summed E-state index contributed by atoms with van der Waals surface area (Å²) in [6, 6.07) is 6.51. The van der Waals surface area contributed by atoms with Crippen LogP contribution in [-0.4, -0.2) is 12.5 Å². The van der Waals surface area contributed by atoms with Crippen LogP contribution in [0.2, 0.25) is 0 Å². The van der Waals surface area contributed by atoms with Gasteiger partial charge in [0.15, 0.2) is 0 Å². The van der Waals surface area contributed by atoms with Crippen molar-refractivity contribution in [3.8, 4) is 5.75 Å². The van der Waals surface area contributed by atoms with Gasteiger partial charge in [0.05, 0.1) is 4.90 Å². The van der Waals surface area contributed by atoms with Gasteiger partial charge in [0.2, 0.25) is 0 Å². The number of ether oxygens (including phenoxy) is 1. The van der Waals surface area contributed by atoms with Crippen molar-refractivity contribution in [1.82, 2.24) is 0 Å². The quantitative estimate of drug-likeness (QED) is 0.806. The average Bonchev–Trinajstić information content (AvgIpc) is 2.89. The summed E-state index contributed by atoms with van der Waals surface area (Å²) in [7, 11) is 0. The maximum absolute atomic E-state index is 5.81. The van der Waals surface area contributed by atoms with Gasteiger partial charge in [-0.2, -0.15) is 0 Å². The van der Waals surface area contributed by atoms with E-state index in [0.29, 0.717) is 5.41 Å². The molecule has 0 radical (unpaired) electrons. The highest BCUT2D eigenvalue weighted by molar-refractivity contribution is 7.99. The van der Waals surface area contributed by atoms with E-state index in [0.717, 1.165) is 18.2 Å². The summed E-state index contributed by atoms with van der Waals surface area (Å²) in [6.07, 6.45) is 2.49. The smallest absolute Gasteiger partial charge is 0.138 e. The Bertz CT molecular complexity index is 374. The van der Waals surface area contributed by atoms with Crippen LogP contribution in [-0.2, 0) is 5.41 Å². The Morgan fingerprint density at radius 2 is 2.29 bits per heavy atom. The summed E-state index contributed by atoms with van der Waals surface area (Å²) in [5.74, 6) is 1.79. The van der Waals surface area contributed by atoms with Gasteiger partial charge in [0, 0.05) is 12.0 Å². The molecule has 0 aromatic heterocycles. The van der Waals surface area contributed by atoms with E-state index in [4.69, 9.17) is 10.5 Å². The Hall–Kier alpha value is -0.670. The Labute approximate surface area is 87.8 Å². The van der Waals surface area contributed by atoms with Crippen LogP contribution in [0.5, 0.6) is 5.75 Å². The Kier molecular flexibility index (Phi) is 1.79. The van der Waals surface area contributed by atoms with Gasteiger partial charge < -0.3 is 10.5 Å². The predicted octanol–water partition coefficient (Wildman–Crippen LogP) is 2.12. The van der Waals surface area contributed by atoms with E-state index in [2.05, 4.69) is 18.2 Å². The lowest BCUT2D eigenvalue weighted by Crippen LogP contribution is -2.19. The summed E-state index contributed by atoms with van der Waals surface area (Å²) in [6.45, 7) is 0.775. The summed E-state index contributed by atoms with van der Waals surface area (Å²) in [5.41, 5.74) is 7.51. The van der Waals surface area contributed by atoms with Crippen molar-refractivity contribution in [3.05, 3.63) is 23.8 Å². The van der Waals surface area contributed by atoms with Crippen LogP contribution in [0.4, 0.5) is 0 Å². The summed E-state index contributed by atoms with van der Waals surface area (Å²) in [5, 5.41) is 0. The van der Waals surface area contributed by atoms with Gasteiger partial charge in [-0.3, -0.25) is 0 Å². The summed E-state index contributed by atoms with van der Waals surface area (Å²) in [4.78, 5) is 1.28. The third-order valence-corrected chi connectivity index (χ3v) is 4.09. The maximum atomic E-state index is 5.81. The zero-order valence-electron chi connectivity index (χ0n) is 7.95. The van der Waals surface area contributed by atoms with Crippen LogP contribution >= 0.6 is 11.8 Å². The van der Waals surface area contributed by atoms with Crippen LogP contribution in [0.3, 0.4) is 0 Å². The van der Waals surface area contributed by atoms with E-state index in [1.807, 2.05) is 0 Å². The van der Waals surface area contributed by atoms with E-state index in [1.54, 1.807) is 11.8 Å². The average molecular weight is 207 g/mol. The van der Waals surface area contributed by atoms with Gasteiger partial charge >= 0.3 is 0 Å². The number of thioether (sulfide) groups is 1. The van der Waals surface area contributed by atoms with Crippen LogP contribution in [0.15, 0.2) is 23.1 Å². The van der Waals surface area contributed by atoms with E-state index in [-0.39, 0.29) is 0 Å². The molecular weight excluding hydrogens is 194 g/mol. The molecule has 2 nitrogen and oxygen atoms in total. The highest BCUT2D eigenvalue weighted by atomic mass is 32.2. The van der Waals surface area contributed by atoms with E-state index >= 15 is 0 Å². The SMILES string of the molecule is NCC1(c2ccc3c(c2)SCO3)CC1. The normalized spacial score (nSPS) is 21.5. The summed E-state index contributed by atoms with van der Waals surface area (Å²) >= 11 is 1.77. The van der Waals surface area contributed by atoms with E-state index in [9.17, 15) is 0 Å². The Balaban J connectivity index is 2.00. The monoisotopic (exact) mass is 207 g/mol. The third-order valence-electron chi connectivity index (χ3n) is 3.23. The minimum atomic E-state index is 0.304. The second kappa shape index (κ2) is 2.91. The molecule has 1 saturated carbocycles. The van der Waals surface area contributed by atoms with Crippen LogP contribution in [0.1, 0.15) is 18.4 Å². The van der Waals surface area contributed by atoms with E-state index in [1.165, 1.54) is 23.3 Å². The number of hydrogen-bond acceptors (Lipinski definition) is 3. The molecule has 74 valence electrons. The van der Waals surface area contributed by atoms with Crippen molar-refractivity contribution in [3.63, 3.8) is 0 Å². The van der Waals surface area contributed by atoms with Crippen molar-refractivity contribution in [2.45, 2.75) is 23.2 Å². The molecule has 0 atom stereocenters. The van der Waals surface area contributed by atoms with Gasteiger partial charge in [-0.05, 0) is 30.5 Å². The minimum Gasteiger partial charge on any atom is -0.481 e. The molecule has 14 heavy (non-hydrogen) atoms. The topological polar surface area (TPSA) is 35.2 Å². The molecule has 0 bridgehead atoms. The number of nitrogens with two attached hydrogens (primary N) is 1. The molecule has 3 heteroatoms. The molecule has 3 rings (SSSR count). The summed E-state index contributed by atoms with van der Waals surface area (Å²) < 4.78 is 5.45. The van der Waals surface area contributed by atoms with Crippen molar-refractivity contribution in [2.75, 3.05) is 12.5 Å². The van der Waals surface area contributed by atoms with E-state index < -0.39 is 0 Å². The predicted molar refractivity (Wildman–Crippen MR) is 57.8 cm³/mol. The Morgan fingerprint density at radius 3 is 3.00 bits per heavy atom.